The Bertz CT molecular complexity index is 459. The van der Waals surface area contributed by atoms with Gasteiger partial charge in [-0.25, -0.2) is 0 Å². The van der Waals surface area contributed by atoms with E-state index < -0.39 is 0 Å². The summed E-state index contributed by atoms with van der Waals surface area (Å²) in [6, 6.07) is 0.537. The van der Waals surface area contributed by atoms with E-state index in [1.54, 1.807) is 0 Å². The summed E-state index contributed by atoms with van der Waals surface area (Å²) >= 11 is 0. The molecule has 2 aliphatic carbocycles. The summed E-state index contributed by atoms with van der Waals surface area (Å²) in [6.45, 7) is 5.68. The van der Waals surface area contributed by atoms with Gasteiger partial charge in [0.05, 0.1) is 12.2 Å². The van der Waals surface area contributed by atoms with E-state index in [0.717, 1.165) is 45.0 Å². The van der Waals surface area contributed by atoms with E-state index in [-0.39, 0.29) is 30.1 Å². The highest BCUT2D eigenvalue weighted by molar-refractivity contribution is 14.0. The fourth-order valence-corrected chi connectivity index (χ4v) is 5.51. The van der Waals surface area contributed by atoms with Crippen molar-refractivity contribution in [3.8, 4) is 0 Å². The first-order valence-corrected chi connectivity index (χ1v) is 9.60. The number of hydrogen-bond acceptors (Lipinski definition) is 3. The number of nitrogens with one attached hydrogen (secondary N) is 1. The topological polar surface area (TPSA) is 57.1 Å². The number of guanidine groups is 1. The molecular weight excluding hydrogens is 417 g/mol. The predicted molar refractivity (Wildman–Crippen MR) is 106 cm³/mol. The fourth-order valence-electron chi connectivity index (χ4n) is 5.51. The lowest BCUT2D eigenvalue weighted by atomic mass is 9.54. The molecule has 0 amide bonds. The summed E-state index contributed by atoms with van der Waals surface area (Å²) in [5.41, 5.74) is 0.366. The highest BCUT2D eigenvalue weighted by atomic mass is 127. The Kier molecular flexibility index (Phi) is 5.97. The molecule has 0 aromatic carbocycles. The van der Waals surface area contributed by atoms with Crippen LogP contribution in [0.4, 0.5) is 0 Å². The molecule has 3 unspecified atom stereocenters. The number of ether oxygens (including phenoxy) is 1. The average molecular weight is 449 g/mol. The molecule has 4 rings (SSSR count). The molecule has 1 spiro atoms. The molecule has 0 aromatic heterocycles. The van der Waals surface area contributed by atoms with Gasteiger partial charge in [0.15, 0.2) is 5.96 Å². The van der Waals surface area contributed by atoms with Gasteiger partial charge in [0.1, 0.15) is 0 Å². The van der Waals surface area contributed by atoms with E-state index in [2.05, 4.69) is 17.1 Å². The first kappa shape index (κ1) is 18.7. The van der Waals surface area contributed by atoms with Crippen LogP contribution in [0.2, 0.25) is 0 Å². The molecule has 4 fully saturated rings. The maximum Gasteiger partial charge on any atom is 0.194 e. The Hall–Kier alpha value is -0.0800. The SMILES string of the molecule is CCN=C(NC1C2CCOC2C12CCCC2)N1CCC(O)CC1.I. The number of fused-ring (bicyclic) bond motifs is 2. The van der Waals surface area contributed by atoms with Crippen LogP contribution in [0.1, 0.15) is 51.9 Å². The van der Waals surface area contributed by atoms with Gasteiger partial charge in [0.25, 0.3) is 0 Å². The first-order valence-electron chi connectivity index (χ1n) is 9.60. The number of aliphatic hydroxyl groups excluding tert-OH is 1. The normalized spacial score (nSPS) is 35.5. The maximum absolute atomic E-state index is 9.76. The molecule has 2 saturated heterocycles. The molecular formula is C18H32IN3O2. The third-order valence-corrected chi connectivity index (χ3v) is 6.64. The zero-order valence-corrected chi connectivity index (χ0v) is 17.1. The van der Waals surface area contributed by atoms with Crippen molar-refractivity contribution in [3.05, 3.63) is 0 Å². The lowest BCUT2D eigenvalue weighted by molar-refractivity contribution is -0.125. The Morgan fingerprint density at radius 3 is 2.62 bits per heavy atom. The predicted octanol–water partition coefficient (Wildman–Crippen LogP) is 2.37. The number of aliphatic hydroxyl groups is 1. The summed E-state index contributed by atoms with van der Waals surface area (Å²) < 4.78 is 6.09. The van der Waals surface area contributed by atoms with E-state index in [0.29, 0.717) is 23.5 Å². The van der Waals surface area contributed by atoms with Crippen LogP contribution in [0.3, 0.4) is 0 Å². The summed E-state index contributed by atoms with van der Waals surface area (Å²) in [6.07, 6.45) is 8.59. The minimum absolute atomic E-state index is 0. The van der Waals surface area contributed by atoms with Gasteiger partial charge < -0.3 is 20.1 Å². The standard InChI is InChI=1S/C18H31N3O2.HI/c1-2-19-17(21-10-5-13(22)6-11-21)20-15-14-7-12-23-16(14)18(15)8-3-4-9-18;/h13-16,22H,2-12H2,1H3,(H,19,20);1H. The van der Waals surface area contributed by atoms with Gasteiger partial charge in [-0.3, -0.25) is 4.99 Å². The van der Waals surface area contributed by atoms with Crippen molar-refractivity contribution in [1.29, 1.82) is 0 Å². The van der Waals surface area contributed by atoms with Gasteiger partial charge >= 0.3 is 0 Å². The summed E-state index contributed by atoms with van der Waals surface area (Å²) in [7, 11) is 0. The summed E-state index contributed by atoms with van der Waals surface area (Å²) in [4.78, 5) is 7.12. The van der Waals surface area contributed by atoms with Crippen molar-refractivity contribution in [2.45, 2.75) is 70.1 Å². The summed E-state index contributed by atoms with van der Waals surface area (Å²) in [5, 5.41) is 13.6. The van der Waals surface area contributed by atoms with Gasteiger partial charge in [-0.15, -0.1) is 24.0 Å². The maximum atomic E-state index is 9.76. The van der Waals surface area contributed by atoms with Crippen molar-refractivity contribution < 1.29 is 9.84 Å². The van der Waals surface area contributed by atoms with Crippen molar-refractivity contribution >= 4 is 29.9 Å². The molecule has 2 N–H and O–H groups in total. The minimum Gasteiger partial charge on any atom is -0.393 e. The molecule has 0 aromatic rings. The van der Waals surface area contributed by atoms with Crippen LogP contribution in [0, 0.1) is 11.3 Å². The van der Waals surface area contributed by atoms with E-state index in [4.69, 9.17) is 9.73 Å². The quantitative estimate of drug-likeness (QED) is 0.386. The van der Waals surface area contributed by atoms with Gasteiger partial charge in [-0.1, -0.05) is 12.8 Å². The van der Waals surface area contributed by atoms with Crippen molar-refractivity contribution in [1.82, 2.24) is 10.2 Å². The van der Waals surface area contributed by atoms with Gasteiger partial charge in [-0.2, -0.15) is 0 Å². The molecule has 24 heavy (non-hydrogen) atoms. The molecule has 2 aliphatic heterocycles. The third-order valence-electron chi connectivity index (χ3n) is 6.64. The second kappa shape index (κ2) is 7.66. The Morgan fingerprint density at radius 1 is 1.25 bits per heavy atom. The Morgan fingerprint density at radius 2 is 1.96 bits per heavy atom. The fraction of sp³-hybridized carbons (Fsp3) is 0.944. The smallest absolute Gasteiger partial charge is 0.194 e. The third kappa shape index (κ3) is 3.07. The monoisotopic (exact) mass is 449 g/mol. The average Bonchev–Trinajstić information content (AvgIpc) is 3.20. The molecule has 0 bridgehead atoms. The highest BCUT2D eigenvalue weighted by Crippen LogP contribution is 2.60. The number of aliphatic imine (C=N–C) groups is 1. The number of piperidine rings is 1. The largest absolute Gasteiger partial charge is 0.393 e. The zero-order chi connectivity index (χ0) is 15.9. The van der Waals surface area contributed by atoms with E-state index in [1.165, 1.54) is 32.1 Å². The van der Waals surface area contributed by atoms with Gasteiger partial charge in [-0.05, 0) is 39.0 Å². The first-order chi connectivity index (χ1) is 11.2. The molecule has 138 valence electrons. The van der Waals surface area contributed by atoms with Crippen LogP contribution in [0.25, 0.3) is 0 Å². The summed E-state index contributed by atoms with van der Waals surface area (Å²) in [5.74, 6) is 1.74. The van der Waals surface area contributed by atoms with Crippen molar-refractivity contribution in [2.24, 2.45) is 16.3 Å². The van der Waals surface area contributed by atoms with Gasteiger partial charge in [0.2, 0.25) is 0 Å². The number of rotatable bonds is 2. The van der Waals surface area contributed by atoms with Crippen LogP contribution < -0.4 is 5.32 Å². The minimum atomic E-state index is -0.133. The molecule has 2 heterocycles. The van der Waals surface area contributed by atoms with Crippen molar-refractivity contribution in [2.75, 3.05) is 26.2 Å². The van der Waals surface area contributed by atoms with Crippen LogP contribution in [-0.2, 0) is 4.74 Å². The second-order valence-electron chi connectivity index (χ2n) is 7.82. The molecule has 4 aliphatic rings. The number of halogens is 1. The van der Waals surface area contributed by atoms with Crippen LogP contribution >= 0.6 is 24.0 Å². The molecule has 6 heteroatoms. The number of hydrogen-bond donors (Lipinski definition) is 2. The molecule has 2 saturated carbocycles. The molecule has 0 radical (unpaired) electrons. The molecule has 5 nitrogen and oxygen atoms in total. The highest BCUT2D eigenvalue weighted by Gasteiger charge is 2.65. The van der Waals surface area contributed by atoms with E-state index >= 15 is 0 Å². The van der Waals surface area contributed by atoms with Crippen molar-refractivity contribution in [3.63, 3.8) is 0 Å². The van der Waals surface area contributed by atoms with Crippen LogP contribution in [-0.4, -0.2) is 60.5 Å². The number of nitrogens with zero attached hydrogens (tertiary/aromatic N) is 2. The Balaban J connectivity index is 0.00000169. The number of likely N-dealkylation sites (tertiary alicyclic amines) is 1. The zero-order valence-electron chi connectivity index (χ0n) is 14.7. The van der Waals surface area contributed by atoms with Crippen LogP contribution in [0.5, 0.6) is 0 Å². The van der Waals surface area contributed by atoms with E-state index in [9.17, 15) is 5.11 Å². The lowest BCUT2D eigenvalue weighted by Gasteiger charge is -2.57. The lowest BCUT2D eigenvalue weighted by Crippen LogP contribution is -2.69. The van der Waals surface area contributed by atoms with Crippen LogP contribution in [0.15, 0.2) is 4.99 Å². The Labute approximate surface area is 162 Å². The van der Waals surface area contributed by atoms with Gasteiger partial charge in [0, 0.05) is 43.6 Å². The molecule has 3 atom stereocenters. The van der Waals surface area contributed by atoms with E-state index in [1.807, 2.05) is 0 Å². The second-order valence-corrected chi connectivity index (χ2v) is 7.82.